The Morgan fingerprint density at radius 3 is 2.67 bits per heavy atom. The van der Waals surface area contributed by atoms with Gasteiger partial charge in [0.2, 0.25) is 0 Å². The molecule has 1 amide bonds. The number of rotatable bonds is 6. The molecule has 0 aromatic heterocycles. The predicted octanol–water partition coefficient (Wildman–Crippen LogP) is 2.21. The van der Waals surface area contributed by atoms with Crippen LogP contribution in [-0.2, 0) is 0 Å². The second-order valence-corrected chi connectivity index (χ2v) is 4.75. The van der Waals surface area contributed by atoms with E-state index >= 15 is 0 Å². The molecule has 3 nitrogen and oxygen atoms in total. The summed E-state index contributed by atoms with van der Waals surface area (Å²) in [6, 6.07) is 4.64. The summed E-state index contributed by atoms with van der Waals surface area (Å²) in [7, 11) is 4.03. The largest absolute Gasteiger partial charge is 0.352 e. The second-order valence-electron chi connectivity index (χ2n) is 4.75. The number of nitrogens with one attached hydrogen (secondary N) is 1. The van der Waals surface area contributed by atoms with Gasteiger partial charge in [-0.25, -0.2) is 4.39 Å². The van der Waals surface area contributed by atoms with Gasteiger partial charge in [0.25, 0.3) is 5.91 Å². The first-order chi connectivity index (χ1) is 8.50. The molecule has 0 fully saturated rings. The molecule has 0 heterocycles. The van der Waals surface area contributed by atoms with Crippen LogP contribution in [0.3, 0.4) is 0 Å². The van der Waals surface area contributed by atoms with E-state index < -0.39 is 5.82 Å². The van der Waals surface area contributed by atoms with Gasteiger partial charge in [0.15, 0.2) is 0 Å². The maximum absolute atomic E-state index is 13.5. The fourth-order valence-electron chi connectivity index (χ4n) is 1.65. The minimum atomic E-state index is -0.458. The second kappa shape index (κ2) is 7.11. The van der Waals surface area contributed by atoms with E-state index in [9.17, 15) is 9.18 Å². The van der Waals surface area contributed by atoms with Gasteiger partial charge >= 0.3 is 0 Å². The number of benzene rings is 1. The summed E-state index contributed by atoms with van der Waals surface area (Å²) in [5.41, 5.74) is 0.934. The molecule has 0 aliphatic heterocycles. The van der Waals surface area contributed by atoms with Crippen molar-refractivity contribution >= 4 is 5.91 Å². The molecule has 1 rings (SSSR count). The van der Waals surface area contributed by atoms with Crippen molar-refractivity contribution in [1.82, 2.24) is 10.2 Å². The lowest BCUT2D eigenvalue weighted by molar-refractivity contribution is 0.0949. The van der Waals surface area contributed by atoms with E-state index in [1.165, 1.54) is 12.1 Å². The lowest BCUT2D eigenvalue weighted by atomic mass is 10.1. The molecule has 0 unspecified atom stereocenters. The number of halogens is 1. The first kappa shape index (κ1) is 14.6. The number of carbonyl (C=O) groups is 1. The highest BCUT2D eigenvalue weighted by Gasteiger charge is 2.10. The Bertz CT molecular complexity index is 405. The van der Waals surface area contributed by atoms with E-state index in [1.54, 1.807) is 13.0 Å². The van der Waals surface area contributed by atoms with Crippen molar-refractivity contribution < 1.29 is 9.18 Å². The summed E-state index contributed by atoms with van der Waals surface area (Å²) < 4.78 is 13.5. The van der Waals surface area contributed by atoms with Gasteiger partial charge in [-0.05, 0) is 58.1 Å². The van der Waals surface area contributed by atoms with Crippen molar-refractivity contribution in [3.05, 3.63) is 35.1 Å². The van der Waals surface area contributed by atoms with Crippen LogP contribution in [0.2, 0.25) is 0 Å². The molecular formula is C14H21FN2O. The van der Waals surface area contributed by atoms with Crippen molar-refractivity contribution in [1.29, 1.82) is 0 Å². The highest BCUT2D eigenvalue weighted by Crippen LogP contribution is 2.09. The fraction of sp³-hybridized carbons (Fsp3) is 0.500. The zero-order valence-electron chi connectivity index (χ0n) is 11.3. The first-order valence-corrected chi connectivity index (χ1v) is 6.20. The van der Waals surface area contributed by atoms with Crippen LogP contribution < -0.4 is 5.32 Å². The van der Waals surface area contributed by atoms with Gasteiger partial charge < -0.3 is 10.2 Å². The molecule has 0 spiro atoms. The molecule has 0 aliphatic rings. The normalized spacial score (nSPS) is 10.7. The van der Waals surface area contributed by atoms with E-state index in [4.69, 9.17) is 0 Å². The molecule has 0 bridgehead atoms. The quantitative estimate of drug-likeness (QED) is 0.787. The Balaban J connectivity index is 2.36. The van der Waals surface area contributed by atoms with E-state index in [0.717, 1.165) is 24.9 Å². The van der Waals surface area contributed by atoms with Gasteiger partial charge in [-0.15, -0.1) is 0 Å². The van der Waals surface area contributed by atoms with Gasteiger partial charge in [-0.2, -0.15) is 0 Å². The summed E-state index contributed by atoms with van der Waals surface area (Å²) in [4.78, 5) is 13.8. The molecule has 0 atom stereocenters. The average molecular weight is 252 g/mol. The molecule has 1 N–H and O–H groups in total. The van der Waals surface area contributed by atoms with E-state index in [1.807, 2.05) is 14.1 Å². The van der Waals surface area contributed by atoms with Crippen LogP contribution in [0, 0.1) is 12.7 Å². The number of hydrogen-bond donors (Lipinski definition) is 1. The highest BCUT2D eigenvalue weighted by molar-refractivity contribution is 5.94. The average Bonchev–Trinajstić information content (AvgIpc) is 2.27. The van der Waals surface area contributed by atoms with Crippen LogP contribution >= 0.6 is 0 Å². The zero-order chi connectivity index (χ0) is 13.5. The van der Waals surface area contributed by atoms with Crippen molar-refractivity contribution in [2.75, 3.05) is 27.2 Å². The lowest BCUT2D eigenvalue weighted by Crippen LogP contribution is -2.26. The van der Waals surface area contributed by atoms with Gasteiger partial charge in [-0.1, -0.05) is 6.07 Å². The molecule has 0 saturated carbocycles. The Hall–Kier alpha value is -1.42. The van der Waals surface area contributed by atoms with Gasteiger partial charge in [0.05, 0.1) is 5.56 Å². The molecule has 18 heavy (non-hydrogen) atoms. The van der Waals surface area contributed by atoms with E-state index in [-0.39, 0.29) is 11.5 Å². The number of amides is 1. The summed E-state index contributed by atoms with van der Waals surface area (Å²) in [6.07, 6.45) is 1.92. The minimum absolute atomic E-state index is 0.119. The Morgan fingerprint density at radius 2 is 2.06 bits per heavy atom. The predicted molar refractivity (Wildman–Crippen MR) is 71.3 cm³/mol. The van der Waals surface area contributed by atoms with Crippen molar-refractivity contribution in [3.63, 3.8) is 0 Å². The maximum Gasteiger partial charge on any atom is 0.254 e. The van der Waals surface area contributed by atoms with Crippen molar-refractivity contribution in [2.24, 2.45) is 0 Å². The highest BCUT2D eigenvalue weighted by atomic mass is 19.1. The smallest absolute Gasteiger partial charge is 0.254 e. The molecule has 1 aromatic carbocycles. The number of unbranched alkanes of at least 4 members (excludes halogenated alkanes) is 1. The van der Waals surface area contributed by atoms with E-state index in [2.05, 4.69) is 10.2 Å². The third-order valence-electron chi connectivity index (χ3n) is 2.69. The molecule has 4 heteroatoms. The molecule has 0 saturated heterocycles. The standard InChI is InChI=1S/C14H21FN2O/c1-11-6-7-12(13(15)10-11)14(18)16-8-4-5-9-17(2)3/h6-7,10H,4-5,8-9H2,1-3H3,(H,16,18). The molecule has 100 valence electrons. The SMILES string of the molecule is Cc1ccc(C(=O)NCCCCN(C)C)c(F)c1. The van der Waals surface area contributed by atoms with Gasteiger partial charge in [0.1, 0.15) is 5.82 Å². The van der Waals surface area contributed by atoms with E-state index in [0.29, 0.717) is 6.54 Å². The summed E-state index contributed by atoms with van der Waals surface area (Å²) in [6.45, 7) is 3.38. The van der Waals surface area contributed by atoms with Crippen LogP contribution in [0.15, 0.2) is 18.2 Å². The summed E-state index contributed by atoms with van der Waals surface area (Å²) in [5, 5.41) is 2.74. The Kier molecular flexibility index (Phi) is 5.78. The number of carbonyl (C=O) groups excluding carboxylic acids is 1. The van der Waals surface area contributed by atoms with Crippen LogP contribution in [0.25, 0.3) is 0 Å². The molecule has 0 radical (unpaired) electrons. The fourth-order valence-corrected chi connectivity index (χ4v) is 1.65. The minimum Gasteiger partial charge on any atom is -0.352 e. The lowest BCUT2D eigenvalue weighted by Gasteiger charge is -2.09. The van der Waals surface area contributed by atoms with Gasteiger partial charge in [0, 0.05) is 6.54 Å². The number of aryl methyl sites for hydroxylation is 1. The van der Waals surface area contributed by atoms with Crippen LogP contribution in [0.1, 0.15) is 28.8 Å². The molecule has 0 aliphatic carbocycles. The third-order valence-corrected chi connectivity index (χ3v) is 2.69. The topological polar surface area (TPSA) is 32.3 Å². The Morgan fingerprint density at radius 1 is 1.33 bits per heavy atom. The van der Waals surface area contributed by atoms with Crippen molar-refractivity contribution in [3.8, 4) is 0 Å². The number of nitrogens with zero attached hydrogens (tertiary/aromatic N) is 1. The van der Waals surface area contributed by atoms with Crippen molar-refractivity contribution in [2.45, 2.75) is 19.8 Å². The summed E-state index contributed by atoms with van der Waals surface area (Å²) >= 11 is 0. The maximum atomic E-state index is 13.5. The zero-order valence-corrected chi connectivity index (χ0v) is 11.3. The molecule has 1 aromatic rings. The van der Waals surface area contributed by atoms with Crippen LogP contribution in [0.4, 0.5) is 4.39 Å². The number of hydrogen-bond acceptors (Lipinski definition) is 2. The monoisotopic (exact) mass is 252 g/mol. The molecular weight excluding hydrogens is 231 g/mol. The third kappa shape index (κ3) is 4.84. The summed E-state index contributed by atoms with van der Waals surface area (Å²) in [5.74, 6) is -0.793. The Labute approximate surface area is 108 Å². The van der Waals surface area contributed by atoms with Gasteiger partial charge in [-0.3, -0.25) is 4.79 Å². The van der Waals surface area contributed by atoms with Crippen LogP contribution in [0.5, 0.6) is 0 Å². The first-order valence-electron chi connectivity index (χ1n) is 6.20. The van der Waals surface area contributed by atoms with Crippen LogP contribution in [-0.4, -0.2) is 38.0 Å².